The molecule has 0 radical (unpaired) electrons. The van der Waals surface area contributed by atoms with Crippen LogP contribution in [0.3, 0.4) is 0 Å². The minimum atomic E-state index is -0.368. The van der Waals surface area contributed by atoms with Crippen molar-refractivity contribution in [2.24, 2.45) is 5.41 Å². The Morgan fingerprint density at radius 1 is 1.38 bits per heavy atom. The van der Waals surface area contributed by atoms with Crippen LogP contribution in [0.5, 0.6) is 5.75 Å². The molecular formula is C12H17BrFNO. The number of hydrogen-bond acceptors (Lipinski definition) is 2. The maximum absolute atomic E-state index is 13.0. The van der Waals surface area contributed by atoms with Gasteiger partial charge in [0.05, 0.1) is 16.8 Å². The molecule has 0 aromatic heterocycles. The van der Waals surface area contributed by atoms with Crippen molar-refractivity contribution in [1.82, 2.24) is 0 Å². The van der Waals surface area contributed by atoms with Gasteiger partial charge < -0.3 is 10.5 Å². The number of nitrogens with two attached hydrogens (primary N) is 1. The van der Waals surface area contributed by atoms with Crippen molar-refractivity contribution in [3.8, 4) is 5.75 Å². The molecule has 0 spiro atoms. The minimum absolute atomic E-state index is 0.210. The van der Waals surface area contributed by atoms with Crippen LogP contribution >= 0.6 is 15.9 Å². The monoisotopic (exact) mass is 289 g/mol. The van der Waals surface area contributed by atoms with Gasteiger partial charge in [-0.05, 0) is 33.8 Å². The van der Waals surface area contributed by atoms with Gasteiger partial charge in [-0.3, -0.25) is 0 Å². The van der Waals surface area contributed by atoms with E-state index in [0.29, 0.717) is 22.5 Å². The second-order valence-electron chi connectivity index (χ2n) is 4.97. The van der Waals surface area contributed by atoms with E-state index < -0.39 is 0 Å². The highest BCUT2D eigenvalue weighted by atomic mass is 79.9. The highest BCUT2D eigenvalue weighted by Gasteiger charge is 2.12. The molecule has 0 aliphatic rings. The van der Waals surface area contributed by atoms with Crippen LogP contribution in [0.25, 0.3) is 0 Å². The van der Waals surface area contributed by atoms with Gasteiger partial charge in [-0.2, -0.15) is 0 Å². The maximum Gasteiger partial charge on any atom is 0.156 e. The average molecular weight is 290 g/mol. The van der Waals surface area contributed by atoms with Gasteiger partial charge >= 0.3 is 0 Å². The van der Waals surface area contributed by atoms with Crippen LogP contribution in [0, 0.1) is 11.2 Å². The lowest BCUT2D eigenvalue weighted by Crippen LogP contribution is -2.12. The molecule has 0 fully saturated rings. The quantitative estimate of drug-likeness (QED) is 0.854. The number of rotatable bonds is 3. The van der Waals surface area contributed by atoms with Crippen molar-refractivity contribution >= 4 is 21.6 Å². The highest BCUT2D eigenvalue weighted by molar-refractivity contribution is 9.10. The van der Waals surface area contributed by atoms with Crippen molar-refractivity contribution < 1.29 is 9.13 Å². The summed E-state index contributed by atoms with van der Waals surface area (Å²) < 4.78 is 19.1. The van der Waals surface area contributed by atoms with Gasteiger partial charge in [0.15, 0.2) is 5.75 Å². The summed E-state index contributed by atoms with van der Waals surface area (Å²) in [4.78, 5) is 0. The van der Waals surface area contributed by atoms with E-state index in [0.717, 1.165) is 6.42 Å². The summed E-state index contributed by atoms with van der Waals surface area (Å²) in [5.41, 5.74) is 6.21. The van der Waals surface area contributed by atoms with E-state index in [-0.39, 0.29) is 11.2 Å². The Bertz CT molecular complexity index is 351. The molecule has 1 aromatic carbocycles. The number of hydrogen-bond donors (Lipinski definition) is 1. The molecule has 0 saturated heterocycles. The first kappa shape index (κ1) is 13.3. The molecule has 2 nitrogen and oxygen atoms in total. The largest absolute Gasteiger partial charge is 0.490 e. The molecule has 4 heteroatoms. The SMILES string of the molecule is CC(C)(C)CCOc1c(N)cc(F)cc1Br. The first-order valence-electron chi connectivity index (χ1n) is 5.17. The smallest absolute Gasteiger partial charge is 0.156 e. The Morgan fingerprint density at radius 2 is 2.00 bits per heavy atom. The summed E-state index contributed by atoms with van der Waals surface area (Å²) in [7, 11) is 0. The zero-order valence-electron chi connectivity index (χ0n) is 9.81. The lowest BCUT2D eigenvalue weighted by molar-refractivity contribution is 0.242. The van der Waals surface area contributed by atoms with Crippen LogP contribution in [-0.2, 0) is 0 Å². The predicted octanol–water partition coefficient (Wildman–Crippen LogP) is 3.99. The highest BCUT2D eigenvalue weighted by Crippen LogP contribution is 2.33. The third-order valence-electron chi connectivity index (χ3n) is 2.14. The first-order valence-corrected chi connectivity index (χ1v) is 5.96. The summed E-state index contributed by atoms with van der Waals surface area (Å²) >= 11 is 3.23. The van der Waals surface area contributed by atoms with Crippen molar-refractivity contribution in [1.29, 1.82) is 0 Å². The summed E-state index contributed by atoms with van der Waals surface area (Å²) in [6.07, 6.45) is 0.913. The van der Waals surface area contributed by atoms with Gasteiger partial charge in [-0.1, -0.05) is 20.8 Å². The molecule has 90 valence electrons. The van der Waals surface area contributed by atoms with Gasteiger partial charge in [0.1, 0.15) is 5.82 Å². The van der Waals surface area contributed by atoms with E-state index >= 15 is 0 Å². The molecule has 0 unspecified atom stereocenters. The standard InChI is InChI=1S/C12H17BrFNO/c1-12(2,3)4-5-16-11-9(13)6-8(14)7-10(11)15/h6-7H,4-5,15H2,1-3H3. The second-order valence-corrected chi connectivity index (χ2v) is 5.82. The molecule has 16 heavy (non-hydrogen) atoms. The fourth-order valence-electron chi connectivity index (χ4n) is 1.19. The molecule has 0 saturated carbocycles. The Labute approximate surface area is 104 Å². The van der Waals surface area contributed by atoms with Crippen molar-refractivity contribution in [3.63, 3.8) is 0 Å². The summed E-state index contributed by atoms with van der Waals surface area (Å²) in [6.45, 7) is 6.98. The fraction of sp³-hybridized carbons (Fsp3) is 0.500. The van der Waals surface area contributed by atoms with Crippen molar-refractivity contribution in [2.75, 3.05) is 12.3 Å². The molecule has 0 bridgehead atoms. The van der Waals surface area contributed by atoms with Gasteiger partial charge in [0.2, 0.25) is 0 Å². The van der Waals surface area contributed by atoms with Gasteiger partial charge in [-0.15, -0.1) is 0 Å². The number of nitrogen functional groups attached to an aromatic ring is 1. The van der Waals surface area contributed by atoms with Crippen LogP contribution in [0.15, 0.2) is 16.6 Å². The second kappa shape index (κ2) is 5.04. The van der Waals surface area contributed by atoms with E-state index in [1.807, 2.05) is 0 Å². The Morgan fingerprint density at radius 3 is 2.50 bits per heavy atom. The van der Waals surface area contributed by atoms with E-state index in [1.54, 1.807) is 0 Å². The number of halogens is 2. The summed E-state index contributed by atoms with van der Waals surface area (Å²) in [6, 6.07) is 2.61. The normalized spacial score (nSPS) is 11.6. The average Bonchev–Trinajstić information content (AvgIpc) is 2.07. The number of anilines is 1. The van der Waals surface area contributed by atoms with Crippen LogP contribution < -0.4 is 10.5 Å². The molecule has 0 atom stereocenters. The zero-order chi connectivity index (χ0) is 12.3. The van der Waals surface area contributed by atoms with E-state index in [1.165, 1.54) is 12.1 Å². The third-order valence-corrected chi connectivity index (χ3v) is 2.72. The topological polar surface area (TPSA) is 35.2 Å². The lowest BCUT2D eigenvalue weighted by Gasteiger charge is -2.19. The number of ether oxygens (including phenoxy) is 1. The minimum Gasteiger partial charge on any atom is -0.490 e. The molecular weight excluding hydrogens is 273 g/mol. The van der Waals surface area contributed by atoms with E-state index in [2.05, 4.69) is 36.7 Å². The Hall–Kier alpha value is -0.770. The fourth-order valence-corrected chi connectivity index (χ4v) is 1.75. The van der Waals surface area contributed by atoms with Crippen molar-refractivity contribution in [3.05, 3.63) is 22.4 Å². The molecule has 0 heterocycles. The van der Waals surface area contributed by atoms with E-state index in [4.69, 9.17) is 10.5 Å². The molecule has 0 amide bonds. The van der Waals surface area contributed by atoms with Gasteiger partial charge in [0.25, 0.3) is 0 Å². The first-order chi connectivity index (χ1) is 7.29. The molecule has 1 rings (SSSR count). The predicted molar refractivity (Wildman–Crippen MR) is 68.1 cm³/mol. The zero-order valence-corrected chi connectivity index (χ0v) is 11.4. The van der Waals surface area contributed by atoms with Crippen LogP contribution in [0.1, 0.15) is 27.2 Å². The lowest BCUT2D eigenvalue weighted by atomic mass is 9.93. The molecule has 2 N–H and O–H groups in total. The Kier molecular flexibility index (Phi) is 4.19. The van der Waals surface area contributed by atoms with Gasteiger partial charge in [-0.25, -0.2) is 4.39 Å². The van der Waals surface area contributed by atoms with Crippen LogP contribution in [0.2, 0.25) is 0 Å². The molecule has 0 aliphatic carbocycles. The molecule has 1 aromatic rings. The van der Waals surface area contributed by atoms with E-state index in [9.17, 15) is 4.39 Å². The van der Waals surface area contributed by atoms with Crippen LogP contribution in [-0.4, -0.2) is 6.61 Å². The Balaban J connectivity index is 2.68. The maximum atomic E-state index is 13.0. The van der Waals surface area contributed by atoms with Gasteiger partial charge in [0, 0.05) is 6.07 Å². The summed E-state index contributed by atoms with van der Waals surface area (Å²) in [5.74, 6) is 0.151. The van der Waals surface area contributed by atoms with Crippen LogP contribution in [0.4, 0.5) is 10.1 Å². The summed E-state index contributed by atoms with van der Waals surface area (Å²) in [5, 5.41) is 0. The van der Waals surface area contributed by atoms with Crippen molar-refractivity contribution in [2.45, 2.75) is 27.2 Å². The third kappa shape index (κ3) is 4.00. The number of benzene rings is 1. The molecule has 0 aliphatic heterocycles.